The van der Waals surface area contributed by atoms with E-state index in [4.69, 9.17) is 4.74 Å². The number of esters is 1. The third-order valence-electron chi connectivity index (χ3n) is 12.2. The Morgan fingerprint density at radius 2 is 1.70 bits per heavy atom. The van der Waals surface area contributed by atoms with Crippen LogP contribution in [0.4, 0.5) is 0 Å². The molecule has 37 heavy (non-hydrogen) atoms. The highest BCUT2D eigenvalue weighted by molar-refractivity contribution is 5.89. The molecule has 1 aromatic rings. The van der Waals surface area contributed by atoms with Crippen LogP contribution in [0, 0.1) is 46.3 Å². The first-order chi connectivity index (χ1) is 17.6. The van der Waals surface area contributed by atoms with Crippen molar-refractivity contribution in [3.05, 3.63) is 47.0 Å². The van der Waals surface area contributed by atoms with Gasteiger partial charge >= 0.3 is 5.97 Å². The van der Waals surface area contributed by atoms with E-state index < -0.39 is 0 Å². The second-order valence-corrected chi connectivity index (χ2v) is 14.3. The maximum atomic E-state index is 12.7. The average Bonchev–Trinajstić information content (AvgIpc) is 3.25. The van der Waals surface area contributed by atoms with Crippen molar-refractivity contribution in [3.63, 3.8) is 0 Å². The molecule has 0 aliphatic heterocycles. The van der Waals surface area contributed by atoms with Crippen molar-refractivity contribution in [1.82, 2.24) is 0 Å². The minimum Gasteiger partial charge on any atom is -0.459 e. The highest BCUT2D eigenvalue weighted by atomic mass is 16.5. The Bertz CT molecular complexity index is 992. The molecule has 0 unspecified atom stereocenters. The Balaban J connectivity index is 1.27. The van der Waals surface area contributed by atoms with E-state index in [1.165, 1.54) is 57.8 Å². The smallest absolute Gasteiger partial charge is 0.338 e. The van der Waals surface area contributed by atoms with Crippen LogP contribution in [0.2, 0.25) is 0 Å². The molecule has 0 radical (unpaired) electrons. The van der Waals surface area contributed by atoms with Crippen LogP contribution in [0.3, 0.4) is 0 Å². The van der Waals surface area contributed by atoms with Crippen LogP contribution in [-0.4, -0.2) is 12.1 Å². The summed E-state index contributed by atoms with van der Waals surface area (Å²) in [6.07, 6.45) is 14.3. The van der Waals surface area contributed by atoms with Crippen LogP contribution in [0.1, 0.15) is 123 Å². The van der Waals surface area contributed by atoms with Crippen LogP contribution in [0.5, 0.6) is 0 Å². The van der Waals surface area contributed by atoms with Gasteiger partial charge in [0, 0.05) is 0 Å². The summed E-state index contributed by atoms with van der Waals surface area (Å²) < 4.78 is 6.04. The number of benzene rings is 1. The molecule has 204 valence electrons. The first kappa shape index (κ1) is 27.0. The van der Waals surface area contributed by atoms with Gasteiger partial charge in [-0.3, -0.25) is 0 Å². The van der Waals surface area contributed by atoms with Gasteiger partial charge < -0.3 is 4.74 Å². The van der Waals surface area contributed by atoms with E-state index in [0.29, 0.717) is 22.3 Å². The van der Waals surface area contributed by atoms with Crippen molar-refractivity contribution < 1.29 is 9.53 Å². The van der Waals surface area contributed by atoms with Crippen molar-refractivity contribution in [2.45, 2.75) is 118 Å². The first-order valence-corrected chi connectivity index (χ1v) is 15.6. The van der Waals surface area contributed by atoms with Crippen molar-refractivity contribution in [2.75, 3.05) is 0 Å². The molecular weight excluding hydrogens is 452 g/mol. The lowest BCUT2D eigenvalue weighted by Crippen LogP contribution is -2.48. The van der Waals surface area contributed by atoms with Crippen LogP contribution >= 0.6 is 0 Å². The quantitative estimate of drug-likeness (QED) is 0.273. The summed E-state index contributed by atoms with van der Waals surface area (Å²) in [5.41, 5.74) is 5.29. The second kappa shape index (κ2) is 10.5. The first-order valence-electron chi connectivity index (χ1n) is 15.6. The predicted octanol–water partition coefficient (Wildman–Crippen LogP) is 9.64. The van der Waals surface area contributed by atoms with Crippen molar-refractivity contribution in [3.8, 4) is 0 Å². The van der Waals surface area contributed by atoms with Crippen LogP contribution in [-0.2, 0) is 4.74 Å². The Morgan fingerprint density at radius 3 is 2.43 bits per heavy atom. The molecule has 2 heteroatoms. The zero-order valence-corrected chi connectivity index (χ0v) is 24.5. The van der Waals surface area contributed by atoms with E-state index in [2.05, 4.69) is 41.5 Å². The van der Waals surface area contributed by atoms with E-state index in [-0.39, 0.29) is 12.1 Å². The van der Waals surface area contributed by atoms with Crippen LogP contribution in [0.15, 0.2) is 41.5 Å². The molecule has 2 nitrogen and oxygen atoms in total. The van der Waals surface area contributed by atoms with Gasteiger partial charge in [-0.15, -0.1) is 0 Å². The monoisotopic (exact) mass is 504 g/mol. The molecule has 3 saturated carbocycles. The fourth-order valence-electron chi connectivity index (χ4n) is 9.36. The van der Waals surface area contributed by atoms with Gasteiger partial charge in [0.05, 0.1) is 5.56 Å². The lowest BCUT2D eigenvalue weighted by atomic mass is 9.48. The largest absolute Gasteiger partial charge is 0.459 e. The molecule has 0 N–H and O–H groups in total. The van der Waals surface area contributed by atoms with Crippen molar-refractivity contribution >= 4 is 5.97 Å². The lowest BCUT2D eigenvalue weighted by molar-refractivity contribution is -0.0499. The Morgan fingerprint density at radius 1 is 0.946 bits per heavy atom. The molecule has 0 heterocycles. The SMILES string of the molecule is CC(C)[C@@H](C)CC[C@@H](C)[C@H]1CCC2=C3CC[C@H]4C[C@H](OC(=O)c5ccccc5)CC[C@]4(C)[C@H]3CC[C@@]21C. The van der Waals surface area contributed by atoms with Gasteiger partial charge in [0.25, 0.3) is 0 Å². The van der Waals surface area contributed by atoms with Crippen LogP contribution in [0.25, 0.3) is 0 Å². The molecule has 0 aromatic heterocycles. The van der Waals surface area contributed by atoms with E-state index in [1.807, 2.05) is 41.5 Å². The third kappa shape index (κ3) is 4.96. The number of carbonyl (C=O) groups excluding carboxylic acids is 1. The molecule has 4 aliphatic carbocycles. The van der Waals surface area contributed by atoms with Gasteiger partial charge in [-0.05, 0) is 116 Å². The van der Waals surface area contributed by atoms with Crippen molar-refractivity contribution in [1.29, 1.82) is 0 Å². The molecule has 0 amide bonds. The number of hydrogen-bond donors (Lipinski definition) is 0. The van der Waals surface area contributed by atoms with E-state index in [9.17, 15) is 4.79 Å². The third-order valence-corrected chi connectivity index (χ3v) is 12.2. The van der Waals surface area contributed by atoms with Gasteiger partial charge in [-0.25, -0.2) is 4.79 Å². The maximum absolute atomic E-state index is 12.7. The average molecular weight is 505 g/mol. The van der Waals surface area contributed by atoms with Gasteiger partial charge in [0.1, 0.15) is 6.10 Å². The highest BCUT2D eigenvalue weighted by Gasteiger charge is 2.56. The number of fused-ring (bicyclic) bond motifs is 4. The number of rotatable bonds is 7. The van der Waals surface area contributed by atoms with Gasteiger partial charge in [-0.2, -0.15) is 0 Å². The van der Waals surface area contributed by atoms with Gasteiger partial charge in [0.15, 0.2) is 0 Å². The molecule has 8 atom stereocenters. The summed E-state index contributed by atoms with van der Waals surface area (Å²) in [4.78, 5) is 12.7. The minimum atomic E-state index is -0.143. The summed E-state index contributed by atoms with van der Waals surface area (Å²) >= 11 is 0. The molecule has 4 aliphatic rings. The van der Waals surface area contributed by atoms with Crippen molar-refractivity contribution in [2.24, 2.45) is 46.3 Å². The normalized spacial score (nSPS) is 36.9. The fraction of sp³-hybridized carbons (Fsp3) is 0.743. The van der Waals surface area contributed by atoms with Gasteiger partial charge in [0.2, 0.25) is 0 Å². The summed E-state index contributed by atoms with van der Waals surface area (Å²) in [6, 6.07) is 9.53. The molecule has 3 fully saturated rings. The molecule has 5 rings (SSSR count). The lowest BCUT2D eigenvalue weighted by Gasteiger charge is -2.57. The fourth-order valence-corrected chi connectivity index (χ4v) is 9.36. The van der Waals surface area contributed by atoms with Crippen LogP contribution < -0.4 is 0 Å². The summed E-state index contributed by atoms with van der Waals surface area (Å²) in [5.74, 6) is 4.64. The number of ether oxygens (including phenoxy) is 1. The highest BCUT2D eigenvalue weighted by Crippen LogP contribution is 2.66. The molecule has 0 bridgehead atoms. The zero-order chi connectivity index (χ0) is 26.4. The molecular formula is C35H52O2. The van der Waals surface area contributed by atoms with Gasteiger partial charge in [-0.1, -0.05) is 83.7 Å². The number of hydrogen-bond acceptors (Lipinski definition) is 2. The predicted molar refractivity (Wildman–Crippen MR) is 153 cm³/mol. The Kier molecular flexibility index (Phi) is 7.69. The Hall–Kier alpha value is -1.57. The van der Waals surface area contributed by atoms with E-state index >= 15 is 0 Å². The van der Waals surface area contributed by atoms with E-state index in [1.54, 1.807) is 0 Å². The van der Waals surface area contributed by atoms with E-state index in [0.717, 1.165) is 42.4 Å². The second-order valence-electron chi connectivity index (χ2n) is 14.3. The Labute approximate surface area is 227 Å². The maximum Gasteiger partial charge on any atom is 0.338 e. The topological polar surface area (TPSA) is 26.3 Å². The number of carbonyl (C=O) groups is 1. The molecule has 1 aromatic carbocycles. The zero-order valence-electron chi connectivity index (χ0n) is 24.5. The molecule has 0 spiro atoms. The summed E-state index contributed by atoms with van der Waals surface area (Å²) in [5, 5.41) is 0. The summed E-state index contributed by atoms with van der Waals surface area (Å²) in [7, 11) is 0. The molecule has 0 saturated heterocycles. The minimum absolute atomic E-state index is 0.0822. The summed E-state index contributed by atoms with van der Waals surface area (Å²) in [6.45, 7) is 15.0. The standard InChI is InChI=1S/C35H52O2/c1-23(2)24(3)12-13-25(4)30-16-17-31-29-15-14-27-22-28(37-33(36)26-10-8-7-9-11-26)18-20-34(27,5)32(29)19-21-35(30,31)6/h7-11,23-25,27-28,30,32H,12-22H2,1-6H3/t24-,25+,27-,28+,30+,32-,34-,35+/m0/s1. The number of allylic oxidation sites excluding steroid dienone is 2.